The van der Waals surface area contributed by atoms with Crippen molar-refractivity contribution in [1.29, 1.82) is 5.26 Å². The summed E-state index contributed by atoms with van der Waals surface area (Å²) in [5, 5.41) is 12.9. The Morgan fingerprint density at radius 1 is 1.39 bits per heavy atom. The van der Waals surface area contributed by atoms with Crippen LogP contribution in [0.25, 0.3) is 10.6 Å². The summed E-state index contributed by atoms with van der Waals surface area (Å²) in [6.07, 6.45) is 0. The summed E-state index contributed by atoms with van der Waals surface area (Å²) in [6, 6.07) is 7.34. The van der Waals surface area contributed by atoms with E-state index in [0.29, 0.717) is 26.4 Å². The highest BCUT2D eigenvalue weighted by Gasteiger charge is 2.12. The van der Waals surface area contributed by atoms with E-state index in [-0.39, 0.29) is 0 Å². The number of nitrogens with one attached hydrogen (secondary N) is 1. The second-order valence-electron chi connectivity index (χ2n) is 3.46. The topological polar surface area (TPSA) is 48.7 Å². The van der Waals surface area contributed by atoms with E-state index in [0.717, 1.165) is 11.4 Å². The maximum absolute atomic E-state index is 8.82. The average Bonchev–Trinajstić information content (AvgIpc) is 2.81. The van der Waals surface area contributed by atoms with Crippen molar-refractivity contribution in [1.82, 2.24) is 4.98 Å². The van der Waals surface area contributed by atoms with Crippen LogP contribution in [0.3, 0.4) is 0 Å². The van der Waals surface area contributed by atoms with E-state index in [4.69, 9.17) is 28.5 Å². The van der Waals surface area contributed by atoms with Crippen molar-refractivity contribution in [3.8, 4) is 16.6 Å². The maximum Gasteiger partial charge on any atom is 0.145 e. The van der Waals surface area contributed by atoms with Gasteiger partial charge in [0.15, 0.2) is 0 Å². The molecular formula is C12H9Cl2N3S. The van der Waals surface area contributed by atoms with Crippen LogP contribution in [-0.4, -0.2) is 11.5 Å². The number of aromatic nitrogens is 1. The van der Waals surface area contributed by atoms with Gasteiger partial charge in [-0.05, 0) is 25.1 Å². The van der Waals surface area contributed by atoms with Crippen molar-refractivity contribution >= 4 is 40.4 Å². The molecule has 92 valence electrons. The van der Waals surface area contributed by atoms with Gasteiger partial charge in [-0.15, -0.1) is 11.3 Å². The Bertz CT molecular complexity index is 616. The third-order valence-electron chi connectivity index (χ3n) is 2.22. The van der Waals surface area contributed by atoms with Crippen molar-refractivity contribution in [2.45, 2.75) is 6.92 Å². The maximum atomic E-state index is 8.82. The van der Waals surface area contributed by atoms with Crippen molar-refractivity contribution in [2.75, 3.05) is 11.9 Å². The molecule has 0 spiro atoms. The second-order valence-corrected chi connectivity index (χ2v) is 5.35. The predicted molar refractivity (Wildman–Crippen MR) is 76.4 cm³/mol. The summed E-state index contributed by atoms with van der Waals surface area (Å²) in [5.41, 5.74) is 0.642. The molecule has 2 heterocycles. The van der Waals surface area contributed by atoms with Crippen LogP contribution < -0.4 is 5.32 Å². The lowest BCUT2D eigenvalue weighted by atomic mass is 10.3. The van der Waals surface area contributed by atoms with Gasteiger partial charge >= 0.3 is 0 Å². The Kier molecular flexibility index (Phi) is 4.07. The van der Waals surface area contributed by atoms with Gasteiger partial charge in [0.2, 0.25) is 0 Å². The van der Waals surface area contributed by atoms with Crippen LogP contribution in [0.4, 0.5) is 5.82 Å². The Morgan fingerprint density at radius 3 is 2.78 bits per heavy atom. The van der Waals surface area contributed by atoms with Gasteiger partial charge in [-0.25, -0.2) is 4.98 Å². The Labute approximate surface area is 119 Å². The molecule has 2 aromatic heterocycles. The second kappa shape index (κ2) is 5.57. The quantitative estimate of drug-likeness (QED) is 0.912. The molecule has 0 bridgehead atoms. The minimum absolute atomic E-state index is 0.480. The predicted octanol–water partition coefficient (Wildman–Crippen LogP) is 4.42. The molecule has 0 saturated carbocycles. The smallest absolute Gasteiger partial charge is 0.145 e. The zero-order valence-corrected chi connectivity index (χ0v) is 11.8. The molecule has 2 rings (SSSR count). The Balaban J connectivity index is 2.50. The molecule has 0 fully saturated rings. The van der Waals surface area contributed by atoms with Crippen LogP contribution in [0.15, 0.2) is 18.2 Å². The normalized spacial score (nSPS) is 10.1. The molecule has 0 radical (unpaired) electrons. The third-order valence-corrected chi connectivity index (χ3v) is 3.80. The third kappa shape index (κ3) is 2.59. The molecule has 0 aromatic carbocycles. The monoisotopic (exact) mass is 297 g/mol. The lowest BCUT2D eigenvalue weighted by Gasteiger charge is -2.08. The Hall–Kier alpha value is -1.28. The van der Waals surface area contributed by atoms with Gasteiger partial charge in [0.1, 0.15) is 22.5 Å². The summed E-state index contributed by atoms with van der Waals surface area (Å²) in [7, 11) is 0. The van der Waals surface area contributed by atoms with Crippen molar-refractivity contribution in [3.63, 3.8) is 0 Å². The standard InChI is InChI=1S/C12H9Cl2N3S/c1-2-16-12-9(14)5-8(13)11(17-12)10-4-3-7(6-15)18-10/h3-5H,2H2,1H3,(H,16,17). The number of nitrogens with zero attached hydrogens (tertiary/aromatic N) is 2. The van der Waals surface area contributed by atoms with E-state index < -0.39 is 0 Å². The van der Waals surface area contributed by atoms with Crippen LogP contribution in [0.1, 0.15) is 11.8 Å². The van der Waals surface area contributed by atoms with Crippen LogP contribution in [0.2, 0.25) is 10.0 Å². The first kappa shape index (κ1) is 13.2. The summed E-state index contributed by atoms with van der Waals surface area (Å²) < 4.78 is 0. The van der Waals surface area contributed by atoms with E-state index in [1.807, 2.05) is 13.0 Å². The van der Waals surface area contributed by atoms with Crippen molar-refractivity contribution in [3.05, 3.63) is 33.1 Å². The first-order chi connectivity index (χ1) is 8.65. The molecular weight excluding hydrogens is 289 g/mol. The summed E-state index contributed by atoms with van der Waals surface area (Å²) in [5.74, 6) is 0.602. The highest BCUT2D eigenvalue weighted by Crippen LogP contribution is 2.35. The van der Waals surface area contributed by atoms with Gasteiger partial charge < -0.3 is 5.32 Å². The van der Waals surface area contributed by atoms with E-state index in [1.54, 1.807) is 12.1 Å². The molecule has 0 aliphatic heterocycles. The van der Waals surface area contributed by atoms with E-state index in [1.165, 1.54) is 11.3 Å². The van der Waals surface area contributed by atoms with Crippen LogP contribution in [-0.2, 0) is 0 Å². The number of anilines is 1. The lowest BCUT2D eigenvalue weighted by molar-refractivity contribution is 1.16. The average molecular weight is 298 g/mol. The summed E-state index contributed by atoms with van der Waals surface area (Å²) >= 11 is 13.5. The fraction of sp³-hybridized carbons (Fsp3) is 0.167. The fourth-order valence-electron chi connectivity index (χ4n) is 1.46. The number of halogens is 2. The first-order valence-corrected chi connectivity index (χ1v) is 6.83. The zero-order valence-electron chi connectivity index (χ0n) is 9.50. The fourth-order valence-corrected chi connectivity index (χ4v) is 2.85. The van der Waals surface area contributed by atoms with Crippen LogP contribution in [0, 0.1) is 11.3 Å². The molecule has 1 N–H and O–H groups in total. The largest absolute Gasteiger partial charge is 0.369 e. The molecule has 3 nitrogen and oxygen atoms in total. The SMILES string of the molecule is CCNc1nc(-c2ccc(C#N)s2)c(Cl)cc1Cl. The van der Waals surface area contributed by atoms with Crippen molar-refractivity contribution in [2.24, 2.45) is 0 Å². The molecule has 0 aliphatic rings. The number of hydrogen-bond acceptors (Lipinski definition) is 4. The molecule has 0 amide bonds. The van der Waals surface area contributed by atoms with Gasteiger partial charge in [0, 0.05) is 6.54 Å². The van der Waals surface area contributed by atoms with Gasteiger partial charge in [-0.2, -0.15) is 5.26 Å². The number of rotatable bonds is 3. The van der Waals surface area contributed by atoms with E-state index >= 15 is 0 Å². The molecule has 0 atom stereocenters. The lowest BCUT2D eigenvalue weighted by Crippen LogP contribution is -2.01. The molecule has 0 aliphatic carbocycles. The highest BCUT2D eigenvalue weighted by molar-refractivity contribution is 7.16. The highest BCUT2D eigenvalue weighted by atomic mass is 35.5. The van der Waals surface area contributed by atoms with Gasteiger partial charge in [-0.3, -0.25) is 0 Å². The first-order valence-electron chi connectivity index (χ1n) is 5.26. The molecule has 0 saturated heterocycles. The molecule has 2 aromatic rings. The van der Waals surface area contributed by atoms with Crippen LogP contribution >= 0.6 is 34.5 Å². The van der Waals surface area contributed by atoms with E-state index in [9.17, 15) is 0 Å². The molecule has 18 heavy (non-hydrogen) atoms. The molecule has 0 unspecified atom stereocenters. The van der Waals surface area contributed by atoms with Gasteiger partial charge in [0.05, 0.1) is 14.9 Å². The van der Waals surface area contributed by atoms with Gasteiger partial charge in [-0.1, -0.05) is 23.2 Å². The number of pyridine rings is 1. The summed E-state index contributed by atoms with van der Waals surface area (Å²) in [6.45, 7) is 2.69. The van der Waals surface area contributed by atoms with Gasteiger partial charge in [0.25, 0.3) is 0 Å². The number of hydrogen-bond donors (Lipinski definition) is 1. The Morgan fingerprint density at radius 2 is 2.17 bits per heavy atom. The minimum atomic E-state index is 0.480. The van der Waals surface area contributed by atoms with Crippen LogP contribution in [0.5, 0.6) is 0 Å². The minimum Gasteiger partial charge on any atom is -0.369 e. The summed E-state index contributed by atoms with van der Waals surface area (Å²) in [4.78, 5) is 5.89. The van der Waals surface area contributed by atoms with Crippen molar-refractivity contribution < 1.29 is 0 Å². The zero-order chi connectivity index (χ0) is 13.1. The molecule has 6 heteroatoms. The number of thiophene rings is 1. The van der Waals surface area contributed by atoms with E-state index in [2.05, 4.69) is 16.4 Å². The number of nitriles is 1.